The first-order valence-electron chi connectivity index (χ1n) is 9.36. The molecule has 2 amide bonds. The van der Waals surface area contributed by atoms with Gasteiger partial charge in [0.25, 0.3) is 0 Å². The lowest BCUT2D eigenvalue weighted by Gasteiger charge is -2.31. The van der Waals surface area contributed by atoms with Crippen LogP contribution < -0.4 is 5.32 Å². The van der Waals surface area contributed by atoms with Crippen LogP contribution in [0.5, 0.6) is 0 Å². The summed E-state index contributed by atoms with van der Waals surface area (Å²) in [6.07, 6.45) is 4.25. The third-order valence-electron chi connectivity index (χ3n) is 5.01. The number of rotatable bonds is 4. The second-order valence-electron chi connectivity index (χ2n) is 6.96. The van der Waals surface area contributed by atoms with Crippen LogP contribution in [0.4, 0.5) is 4.79 Å². The van der Waals surface area contributed by atoms with Crippen LogP contribution in [0.15, 0.2) is 41.1 Å². The number of amides is 2. The number of aromatic nitrogens is 3. The second-order valence-corrected chi connectivity index (χ2v) is 6.96. The zero-order valence-corrected chi connectivity index (χ0v) is 15.4. The largest absolute Gasteiger partial charge is 0.361 e. The fourth-order valence-corrected chi connectivity index (χ4v) is 3.51. The summed E-state index contributed by atoms with van der Waals surface area (Å²) in [4.78, 5) is 23.3. The van der Waals surface area contributed by atoms with E-state index >= 15 is 0 Å². The van der Waals surface area contributed by atoms with Crippen LogP contribution in [0.3, 0.4) is 0 Å². The zero-order valence-electron chi connectivity index (χ0n) is 15.4. The highest BCUT2D eigenvalue weighted by molar-refractivity contribution is 5.75. The zero-order chi connectivity index (χ0) is 18.6. The van der Waals surface area contributed by atoms with Crippen LogP contribution in [0.2, 0.25) is 0 Å². The molecule has 140 valence electrons. The van der Waals surface area contributed by atoms with Gasteiger partial charge in [0.2, 0.25) is 0 Å². The number of piperidine rings is 1. The van der Waals surface area contributed by atoms with E-state index in [9.17, 15) is 4.79 Å². The van der Waals surface area contributed by atoms with Gasteiger partial charge >= 0.3 is 6.03 Å². The van der Waals surface area contributed by atoms with E-state index in [2.05, 4.69) is 27.6 Å². The minimum Gasteiger partial charge on any atom is -0.361 e. The fraction of sp³-hybridized carbons (Fsp3) is 0.400. The van der Waals surface area contributed by atoms with E-state index in [0.29, 0.717) is 18.9 Å². The Morgan fingerprint density at radius 2 is 2.15 bits per heavy atom. The SMILES string of the molecule is Cc1cc(CCNC(=O)N2CCC(c3ccc4cccnc4n3)CC2)on1. The molecule has 1 N–H and O–H groups in total. The highest BCUT2D eigenvalue weighted by Gasteiger charge is 2.24. The molecular formula is C20H23N5O2. The quantitative estimate of drug-likeness (QED) is 0.768. The van der Waals surface area contributed by atoms with Crippen molar-refractivity contribution in [3.8, 4) is 0 Å². The van der Waals surface area contributed by atoms with E-state index < -0.39 is 0 Å². The van der Waals surface area contributed by atoms with E-state index in [1.54, 1.807) is 6.20 Å². The molecule has 1 aliphatic heterocycles. The molecule has 0 bridgehead atoms. The van der Waals surface area contributed by atoms with Gasteiger partial charge < -0.3 is 14.7 Å². The van der Waals surface area contributed by atoms with Crippen LogP contribution in [-0.4, -0.2) is 45.7 Å². The standard InChI is InChI=1S/C20H23N5O2/c1-14-13-17(27-24-14)6-10-22-20(26)25-11-7-15(8-12-25)18-5-4-16-3-2-9-21-19(16)23-18/h2-5,9,13,15H,6-8,10-12H2,1H3,(H,22,26). The molecule has 0 spiro atoms. The molecule has 0 aromatic carbocycles. The lowest BCUT2D eigenvalue weighted by Crippen LogP contribution is -2.44. The molecule has 3 aromatic heterocycles. The second kappa shape index (κ2) is 7.73. The maximum absolute atomic E-state index is 12.4. The van der Waals surface area contributed by atoms with E-state index in [1.807, 2.05) is 30.0 Å². The average molecular weight is 365 g/mol. The number of aryl methyl sites for hydroxylation is 1. The van der Waals surface area contributed by atoms with Gasteiger partial charge in [-0.15, -0.1) is 0 Å². The first-order chi connectivity index (χ1) is 13.2. The summed E-state index contributed by atoms with van der Waals surface area (Å²) in [5, 5.41) is 7.87. The molecule has 7 nitrogen and oxygen atoms in total. The van der Waals surface area contributed by atoms with Crippen molar-refractivity contribution in [1.82, 2.24) is 25.3 Å². The van der Waals surface area contributed by atoms with Gasteiger partial charge in [0.05, 0.1) is 5.69 Å². The van der Waals surface area contributed by atoms with E-state index in [1.165, 1.54) is 0 Å². The molecule has 0 saturated carbocycles. The monoisotopic (exact) mass is 365 g/mol. The molecule has 27 heavy (non-hydrogen) atoms. The van der Waals surface area contributed by atoms with E-state index in [-0.39, 0.29) is 6.03 Å². The van der Waals surface area contributed by atoms with Crippen molar-refractivity contribution in [2.45, 2.75) is 32.1 Å². The maximum atomic E-state index is 12.4. The molecule has 4 rings (SSSR count). The molecule has 3 aromatic rings. The number of fused-ring (bicyclic) bond motifs is 1. The molecule has 7 heteroatoms. The fourth-order valence-electron chi connectivity index (χ4n) is 3.51. The summed E-state index contributed by atoms with van der Waals surface area (Å²) in [5.74, 6) is 1.17. The van der Waals surface area contributed by atoms with Crippen LogP contribution >= 0.6 is 0 Å². The summed E-state index contributed by atoms with van der Waals surface area (Å²) in [7, 11) is 0. The highest BCUT2D eigenvalue weighted by Crippen LogP contribution is 2.27. The number of pyridine rings is 2. The van der Waals surface area contributed by atoms with Gasteiger partial charge in [0, 0.05) is 55.3 Å². The van der Waals surface area contributed by atoms with Crippen LogP contribution in [0, 0.1) is 6.92 Å². The lowest BCUT2D eigenvalue weighted by atomic mass is 9.93. The minimum absolute atomic E-state index is 0.0159. The number of likely N-dealkylation sites (tertiary alicyclic amines) is 1. The Morgan fingerprint density at radius 3 is 2.93 bits per heavy atom. The van der Waals surface area contributed by atoms with Crippen LogP contribution in [-0.2, 0) is 6.42 Å². The molecule has 0 aliphatic carbocycles. The number of nitrogens with zero attached hydrogens (tertiary/aromatic N) is 4. The van der Waals surface area contributed by atoms with Crippen molar-refractivity contribution in [1.29, 1.82) is 0 Å². The molecule has 1 saturated heterocycles. The van der Waals surface area contributed by atoms with Gasteiger partial charge in [0.15, 0.2) is 5.65 Å². The number of hydrogen-bond donors (Lipinski definition) is 1. The number of urea groups is 1. The summed E-state index contributed by atoms with van der Waals surface area (Å²) in [5.41, 5.74) is 2.72. The van der Waals surface area contributed by atoms with Crippen LogP contribution in [0.25, 0.3) is 11.0 Å². The Hall–Kier alpha value is -2.96. The van der Waals surface area contributed by atoms with Crippen LogP contribution in [0.1, 0.15) is 35.9 Å². The summed E-state index contributed by atoms with van der Waals surface area (Å²) < 4.78 is 5.16. The summed E-state index contributed by atoms with van der Waals surface area (Å²) in [6, 6.07) is 9.98. The van der Waals surface area contributed by atoms with Gasteiger partial charge in [-0.3, -0.25) is 0 Å². The van der Waals surface area contributed by atoms with Gasteiger partial charge in [-0.25, -0.2) is 14.8 Å². The Balaban J connectivity index is 1.28. The Labute approximate surface area is 157 Å². The third kappa shape index (κ3) is 4.07. The van der Waals surface area contributed by atoms with Crippen molar-refractivity contribution >= 4 is 17.1 Å². The molecular weight excluding hydrogens is 342 g/mol. The van der Waals surface area contributed by atoms with Crippen molar-refractivity contribution in [2.24, 2.45) is 0 Å². The molecule has 1 fully saturated rings. The molecule has 0 atom stereocenters. The predicted octanol–water partition coefficient (Wildman–Crippen LogP) is 3.06. The Bertz CT molecular complexity index is 931. The van der Waals surface area contributed by atoms with Crippen molar-refractivity contribution in [3.63, 3.8) is 0 Å². The lowest BCUT2D eigenvalue weighted by molar-refractivity contribution is 0.181. The van der Waals surface area contributed by atoms with Crippen molar-refractivity contribution in [2.75, 3.05) is 19.6 Å². The average Bonchev–Trinajstić information content (AvgIpc) is 3.12. The molecule has 0 unspecified atom stereocenters. The first kappa shape index (κ1) is 17.5. The van der Waals surface area contributed by atoms with Crippen molar-refractivity contribution in [3.05, 3.63) is 53.7 Å². The minimum atomic E-state index is -0.0159. The van der Waals surface area contributed by atoms with Gasteiger partial charge in [-0.1, -0.05) is 5.16 Å². The number of carbonyl (C=O) groups is 1. The maximum Gasteiger partial charge on any atom is 0.317 e. The first-order valence-corrected chi connectivity index (χ1v) is 9.36. The normalized spacial score (nSPS) is 15.2. The summed E-state index contributed by atoms with van der Waals surface area (Å²) >= 11 is 0. The number of carbonyl (C=O) groups excluding carboxylic acids is 1. The number of nitrogens with one attached hydrogen (secondary N) is 1. The van der Waals surface area contributed by atoms with Gasteiger partial charge in [-0.05, 0) is 44.0 Å². The highest BCUT2D eigenvalue weighted by atomic mass is 16.5. The Kier molecular flexibility index (Phi) is 5.00. The van der Waals surface area contributed by atoms with Gasteiger partial charge in [0.1, 0.15) is 5.76 Å². The molecule has 0 radical (unpaired) electrons. The van der Waals surface area contributed by atoms with E-state index in [0.717, 1.165) is 54.1 Å². The molecule has 1 aliphatic rings. The topological polar surface area (TPSA) is 84.2 Å². The van der Waals surface area contributed by atoms with E-state index in [4.69, 9.17) is 9.51 Å². The summed E-state index contributed by atoms with van der Waals surface area (Å²) in [6.45, 7) is 3.90. The van der Waals surface area contributed by atoms with Crippen molar-refractivity contribution < 1.29 is 9.32 Å². The predicted molar refractivity (Wildman–Crippen MR) is 101 cm³/mol. The molecule has 4 heterocycles. The van der Waals surface area contributed by atoms with Gasteiger partial charge in [-0.2, -0.15) is 0 Å². The smallest absolute Gasteiger partial charge is 0.317 e. The number of hydrogen-bond acceptors (Lipinski definition) is 5. The third-order valence-corrected chi connectivity index (χ3v) is 5.01. The Morgan fingerprint density at radius 1 is 1.30 bits per heavy atom.